The first-order valence-electron chi connectivity index (χ1n) is 5.00. The molecule has 74 valence electrons. The average molecular weight is 189 g/mol. The third kappa shape index (κ3) is 0.999. The van der Waals surface area contributed by atoms with E-state index in [0.29, 0.717) is 0 Å². The van der Waals surface area contributed by atoms with Crippen molar-refractivity contribution in [2.45, 2.75) is 26.2 Å². The molecular formula is C12H15NO. The van der Waals surface area contributed by atoms with Gasteiger partial charge in [0.05, 0.1) is 5.41 Å². The van der Waals surface area contributed by atoms with Crippen LogP contribution in [0.5, 0.6) is 0 Å². The fourth-order valence-corrected chi connectivity index (χ4v) is 2.11. The van der Waals surface area contributed by atoms with Crippen LogP contribution in [0.25, 0.3) is 0 Å². The van der Waals surface area contributed by atoms with Crippen molar-refractivity contribution in [1.29, 1.82) is 0 Å². The number of nitrogens with zero attached hydrogens (tertiary/aromatic N) is 1. The van der Waals surface area contributed by atoms with Crippen LogP contribution in [0.2, 0.25) is 0 Å². The Hall–Kier alpha value is -1.31. The lowest BCUT2D eigenvalue weighted by Crippen LogP contribution is -2.35. The largest absolute Gasteiger partial charge is 0.312 e. The number of carbonyl (C=O) groups is 1. The molecule has 1 heterocycles. The Morgan fingerprint density at radius 3 is 2.57 bits per heavy atom. The van der Waals surface area contributed by atoms with Gasteiger partial charge >= 0.3 is 0 Å². The van der Waals surface area contributed by atoms with E-state index in [2.05, 4.69) is 0 Å². The number of fused-ring (bicyclic) bond motifs is 1. The molecule has 0 bridgehead atoms. The Bertz CT molecular complexity index is 382. The van der Waals surface area contributed by atoms with Crippen molar-refractivity contribution in [2.24, 2.45) is 0 Å². The molecule has 0 atom stereocenters. The van der Waals surface area contributed by atoms with Gasteiger partial charge in [0.25, 0.3) is 0 Å². The zero-order valence-corrected chi connectivity index (χ0v) is 8.87. The van der Waals surface area contributed by atoms with E-state index in [0.717, 1.165) is 17.8 Å². The third-order valence-electron chi connectivity index (χ3n) is 2.96. The maximum atomic E-state index is 12.0. The fourth-order valence-electron chi connectivity index (χ4n) is 2.11. The summed E-state index contributed by atoms with van der Waals surface area (Å²) in [4.78, 5) is 13.9. The van der Waals surface area contributed by atoms with E-state index in [-0.39, 0.29) is 11.3 Å². The normalized spacial score (nSPS) is 18.5. The van der Waals surface area contributed by atoms with E-state index in [1.807, 2.05) is 49.9 Å². The quantitative estimate of drug-likeness (QED) is 0.664. The zero-order chi connectivity index (χ0) is 10.3. The van der Waals surface area contributed by atoms with Crippen LogP contribution in [0.1, 0.15) is 26.3 Å². The van der Waals surface area contributed by atoms with Gasteiger partial charge in [0.1, 0.15) is 0 Å². The van der Waals surface area contributed by atoms with Gasteiger partial charge in [-0.1, -0.05) is 18.2 Å². The maximum Gasteiger partial charge on any atom is 0.237 e. The van der Waals surface area contributed by atoms with Crippen molar-refractivity contribution >= 4 is 11.6 Å². The molecule has 0 unspecified atom stereocenters. The van der Waals surface area contributed by atoms with Gasteiger partial charge in [0, 0.05) is 12.2 Å². The molecule has 0 N–H and O–H groups in total. The molecule has 0 aliphatic carbocycles. The van der Waals surface area contributed by atoms with Gasteiger partial charge in [-0.15, -0.1) is 0 Å². The maximum absolute atomic E-state index is 12.0. The Labute approximate surface area is 84.5 Å². The highest BCUT2D eigenvalue weighted by atomic mass is 16.2. The first-order valence-corrected chi connectivity index (χ1v) is 5.00. The Balaban J connectivity index is 2.62. The lowest BCUT2D eigenvalue weighted by atomic mass is 9.86. The van der Waals surface area contributed by atoms with E-state index >= 15 is 0 Å². The smallest absolute Gasteiger partial charge is 0.237 e. The van der Waals surface area contributed by atoms with Gasteiger partial charge in [-0.05, 0) is 32.4 Å². The Kier molecular flexibility index (Phi) is 1.88. The second-order valence-corrected chi connectivity index (χ2v) is 4.19. The van der Waals surface area contributed by atoms with Gasteiger partial charge in [0.2, 0.25) is 5.91 Å². The minimum absolute atomic E-state index is 0.209. The molecule has 2 nitrogen and oxygen atoms in total. The number of rotatable bonds is 1. The predicted molar refractivity (Wildman–Crippen MR) is 57.5 cm³/mol. The summed E-state index contributed by atoms with van der Waals surface area (Å²) < 4.78 is 0. The van der Waals surface area contributed by atoms with Crippen LogP contribution in [0.4, 0.5) is 5.69 Å². The molecular weight excluding hydrogens is 174 g/mol. The molecule has 0 radical (unpaired) electrons. The van der Waals surface area contributed by atoms with E-state index < -0.39 is 0 Å². The first kappa shape index (κ1) is 9.25. The van der Waals surface area contributed by atoms with Crippen LogP contribution < -0.4 is 4.90 Å². The second kappa shape index (κ2) is 2.84. The van der Waals surface area contributed by atoms with Crippen LogP contribution >= 0.6 is 0 Å². The minimum Gasteiger partial charge on any atom is -0.312 e. The van der Waals surface area contributed by atoms with Crippen molar-refractivity contribution in [1.82, 2.24) is 0 Å². The Morgan fingerprint density at radius 2 is 1.93 bits per heavy atom. The molecule has 0 saturated heterocycles. The third-order valence-corrected chi connectivity index (χ3v) is 2.96. The number of likely N-dealkylation sites (N-methyl/N-ethyl adjacent to an activating group) is 1. The SMILES string of the molecule is CCN1C(=O)C(C)(C)c2ccccc21. The van der Waals surface area contributed by atoms with Gasteiger partial charge in [-0.25, -0.2) is 0 Å². The zero-order valence-electron chi connectivity index (χ0n) is 8.87. The average Bonchev–Trinajstić information content (AvgIpc) is 2.37. The number of anilines is 1. The topological polar surface area (TPSA) is 20.3 Å². The van der Waals surface area contributed by atoms with Crippen molar-refractivity contribution in [3.63, 3.8) is 0 Å². The number of carbonyl (C=O) groups excluding carboxylic acids is 1. The molecule has 1 aromatic rings. The molecule has 2 rings (SSSR count). The summed E-state index contributed by atoms with van der Waals surface area (Å²) in [6.45, 7) is 6.74. The second-order valence-electron chi connectivity index (χ2n) is 4.19. The molecule has 0 spiro atoms. The standard InChI is InChI=1S/C12H15NO/c1-4-13-10-8-6-5-7-9(10)12(2,3)11(13)14/h5-8H,4H2,1-3H3. The molecule has 2 heteroatoms. The number of para-hydroxylation sites is 1. The summed E-state index contributed by atoms with van der Waals surface area (Å²) in [5, 5.41) is 0. The number of amides is 1. The number of hydrogen-bond acceptors (Lipinski definition) is 1. The van der Waals surface area contributed by atoms with Gasteiger partial charge in [-0.2, -0.15) is 0 Å². The van der Waals surface area contributed by atoms with E-state index in [9.17, 15) is 4.79 Å². The monoisotopic (exact) mass is 189 g/mol. The van der Waals surface area contributed by atoms with Crippen molar-refractivity contribution < 1.29 is 4.79 Å². The molecule has 0 fully saturated rings. The van der Waals surface area contributed by atoms with Gasteiger partial charge < -0.3 is 4.90 Å². The number of hydrogen-bond donors (Lipinski definition) is 0. The van der Waals surface area contributed by atoms with Crippen LogP contribution in [0.3, 0.4) is 0 Å². The molecule has 14 heavy (non-hydrogen) atoms. The highest BCUT2D eigenvalue weighted by Gasteiger charge is 2.42. The van der Waals surface area contributed by atoms with E-state index in [1.165, 1.54) is 0 Å². The van der Waals surface area contributed by atoms with E-state index in [4.69, 9.17) is 0 Å². The molecule has 0 aromatic heterocycles. The molecule has 1 aromatic carbocycles. The highest BCUT2D eigenvalue weighted by molar-refractivity contribution is 6.07. The van der Waals surface area contributed by atoms with Crippen molar-refractivity contribution in [2.75, 3.05) is 11.4 Å². The fraction of sp³-hybridized carbons (Fsp3) is 0.417. The summed E-state index contributed by atoms with van der Waals surface area (Å²) in [5.74, 6) is 0.209. The van der Waals surface area contributed by atoms with Gasteiger partial charge in [0.15, 0.2) is 0 Å². The van der Waals surface area contributed by atoms with Crippen molar-refractivity contribution in [3.05, 3.63) is 29.8 Å². The van der Waals surface area contributed by atoms with Gasteiger partial charge in [-0.3, -0.25) is 4.79 Å². The lowest BCUT2D eigenvalue weighted by molar-refractivity contribution is -0.122. The number of benzene rings is 1. The molecule has 1 amide bonds. The van der Waals surface area contributed by atoms with Crippen LogP contribution in [-0.2, 0) is 10.2 Å². The highest BCUT2D eigenvalue weighted by Crippen LogP contribution is 2.40. The summed E-state index contributed by atoms with van der Waals surface area (Å²) in [6.07, 6.45) is 0. The molecule has 1 aliphatic rings. The lowest BCUT2D eigenvalue weighted by Gasteiger charge is -2.18. The summed E-state index contributed by atoms with van der Waals surface area (Å²) in [6, 6.07) is 8.04. The van der Waals surface area contributed by atoms with Crippen molar-refractivity contribution in [3.8, 4) is 0 Å². The summed E-state index contributed by atoms with van der Waals surface area (Å²) >= 11 is 0. The van der Waals surface area contributed by atoms with Crippen LogP contribution in [0.15, 0.2) is 24.3 Å². The first-order chi connectivity index (χ1) is 6.59. The van der Waals surface area contributed by atoms with E-state index in [1.54, 1.807) is 0 Å². The summed E-state index contributed by atoms with van der Waals surface area (Å²) in [7, 11) is 0. The molecule has 0 saturated carbocycles. The van der Waals surface area contributed by atoms with Crippen LogP contribution in [0, 0.1) is 0 Å². The minimum atomic E-state index is -0.355. The predicted octanol–water partition coefficient (Wildman–Crippen LogP) is 2.33. The Morgan fingerprint density at radius 1 is 1.29 bits per heavy atom. The molecule has 1 aliphatic heterocycles. The van der Waals surface area contributed by atoms with Crippen LogP contribution in [-0.4, -0.2) is 12.5 Å². The summed E-state index contributed by atoms with van der Waals surface area (Å²) in [5.41, 5.74) is 1.86.